The first-order chi connectivity index (χ1) is 11.4. The van der Waals surface area contributed by atoms with E-state index in [0.29, 0.717) is 33.5 Å². The Morgan fingerprint density at radius 3 is 2.62 bits per heavy atom. The monoisotopic (exact) mass is 347 g/mol. The van der Waals surface area contributed by atoms with Crippen molar-refractivity contribution in [1.29, 1.82) is 0 Å². The molecule has 5 nitrogen and oxygen atoms in total. The third-order valence-corrected chi connectivity index (χ3v) is 6.46. The number of carbonyl (C=O) groups is 1. The largest absolute Gasteiger partial charge is 0.309 e. The van der Waals surface area contributed by atoms with E-state index in [9.17, 15) is 9.59 Å². The van der Waals surface area contributed by atoms with Gasteiger partial charge in [0, 0.05) is 6.04 Å². The molecule has 1 N–H and O–H groups in total. The summed E-state index contributed by atoms with van der Waals surface area (Å²) in [5.41, 5.74) is 0.610. The van der Waals surface area contributed by atoms with Crippen LogP contribution in [0.1, 0.15) is 60.6 Å². The van der Waals surface area contributed by atoms with Crippen LogP contribution < -0.4 is 5.56 Å². The molecule has 0 atom stereocenters. The van der Waals surface area contributed by atoms with Gasteiger partial charge in [-0.25, -0.2) is 4.98 Å². The standard InChI is InChI=1S/C18H25N3O2S/c1-10-5-7-13(8-6-10)21(4)9-14-19-17(23)15-11(2)16(12(3)22)24-18(15)20-14/h10,13H,5-9H2,1-4H3,(H,19,20,23). The quantitative estimate of drug-likeness (QED) is 0.860. The third kappa shape index (κ3) is 3.30. The molecule has 2 heterocycles. The normalized spacial score (nSPS) is 21.5. The number of nitrogens with one attached hydrogen (secondary N) is 1. The molecule has 3 rings (SSSR count). The van der Waals surface area contributed by atoms with Crippen LogP contribution >= 0.6 is 11.3 Å². The van der Waals surface area contributed by atoms with Gasteiger partial charge in [-0.15, -0.1) is 11.3 Å². The fourth-order valence-corrected chi connectivity index (χ4v) is 4.74. The van der Waals surface area contributed by atoms with Crippen molar-refractivity contribution in [2.45, 2.75) is 59.0 Å². The molecule has 130 valence electrons. The topological polar surface area (TPSA) is 66.1 Å². The van der Waals surface area contributed by atoms with E-state index in [0.717, 1.165) is 11.5 Å². The summed E-state index contributed by atoms with van der Waals surface area (Å²) < 4.78 is 0. The molecule has 2 aromatic rings. The highest BCUT2D eigenvalue weighted by molar-refractivity contribution is 7.20. The summed E-state index contributed by atoms with van der Waals surface area (Å²) in [6.07, 6.45) is 4.95. The van der Waals surface area contributed by atoms with Gasteiger partial charge in [-0.2, -0.15) is 0 Å². The van der Waals surface area contributed by atoms with Crippen molar-refractivity contribution in [3.05, 3.63) is 26.6 Å². The highest BCUT2D eigenvalue weighted by Crippen LogP contribution is 2.29. The van der Waals surface area contributed by atoms with Crippen molar-refractivity contribution in [3.63, 3.8) is 0 Å². The molecule has 1 saturated carbocycles. The predicted octanol–water partition coefficient (Wildman–Crippen LogP) is 3.51. The van der Waals surface area contributed by atoms with Gasteiger partial charge < -0.3 is 4.98 Å². The lowest BCUT2D eigenvalue weighted by atomic mass is 9.87. The number of thiophene rings is 1. The Morgan fingerprint density at radius 2 is 2.00 bits per heavy atom. The zero-order valence-corrected chi connectivity index (χ0v) is 15.6. The molecule has 0 aliphatic heterocycles. The van der Waals surface area contributed by atoms with Gasteiger partial charge in [0.15, 0.2) is 5.78 Å². The maximum Gasteiger partial charge on any atom is 0.259 e. The van der Waals surface area contributed by atoms with E-state index in [2.05, 4.69) is 28.8 Å². The van der Waals surface area contributed by atoms with E-state index in [4.69, 9.17) is 0 Å². The smallest absolute Gasteiger partial charge is 0.259 e. The number of Topliss-reactive ketones (excluding diaryl/α,β-unsaturated/α-hetero) is 1. The van der Waals surface area contributed by atoms with E-state index in [1.54, 1.807) is 0 Å². The van der Waals surface area contributed by atoms with Crippen LogP contribution in [0, 0.1) is 12.8 Å². The van der Waals surface area contributed by atoms with Gasteiger partial charge in [-0.05, 0) is 58.1 Å². The molecule has 0 aromatic carbocycles. The maximum atomic E-state index is 12.4. The number of ketones is 1. The summed E-state index contributed by atoms with van der Waals surface area (Å²) >= 11 is 1.32. The summed E-state index contributed by atoms with van der Waals surface area (Å²) in [4.78, 5) is 35.3. The molecule has 0 saturated heterocycles. The molecule has 24 heavy (non-hydrogen) atoms. The molecule has 0 unspecified atom stereocenters. The van der Waals surface area contributed by atoms with E-state index < -0.39 is 0 Å². The Balaban J connectivity index is 1.85. The van der Waals surface area contributed by atoms with E-state index in [-0.39, 0.29) is 11.3 Å². The van der Waals surface area contributed by atoms with Gasteiger partial charge in [0.2, 0.25) is 0 Å². The maximum absolute atomic E-state index is 12.4. The van der Waals surface area contributed by atoms with Crippen LogP contribution in [0.4, 0.5) is 0 Å². The minimum atomic E-state index is -0.137. The van der Waals surface area contributed by atoms with Crippen LogP contribution in [0.3, 0.4) is 0 Å². The highest BCUT2D eigenvalue weighted by Gasteiger charge is 2.23. The van der Waals surface area contributed by atoms with Gasteiger partial charge in [-0.1, -0.05) is 6.92 Å². The number of aryl methyl sites for hydroxylation is 1. The molecule has 0 amide bonds. The average Bonchev–Trinajstić information content (AvgIpc) is 2.85. The molecular formula is C18H25N3O2S. The van der Waals surface area contributed by atoms with Crippen molar-refractivity contribution in [2.24, 2.45) is 5.92 Å². The fraction of sp³-hybridized carbons (Fsp3) is 0.611. The summed E-state index contributed by atoms with van der Waals surface area (Å²) in [6, 6.07) is 0.556. The molecular weight excluding hydrogens is 322 g/mol. The number of nitrogens with zero attached hydrogens (tertiary/aromatic N) is 2. The first-order valence-electron chi connectivity index (χ1n) is 8.60. The molecule has 1 aliphatic carbocycles. The van der Waals surface area contributed by atoms with Crippen LogP contribution in [0.2, 0.25) is 0 Å². The Bertz CT molecular complexity index is 816. The van der Waals surface area contributed by atoms with Crippen molar-refractivity contribution >= 4 is 27.3 Å². The molecule has 0 radical (unpaired) electrons. The van der Waals surface area contributed by atoms with Crippen molar-refractivity contribution in [3.8, 4) is 0 Å². The minimum absolute atomic E-state index is 0.00936. The summed E-state index contributed by atoms with van der Waals surface area (Å²) in [5, 5.41) is 0.558. The van der Waals surface area contributed by atoms with Gasteiger partial charge in [0.1, 0.15) is 10.7 Å². The van der Waals surface area contributed by atoms with Gasteiger partial charge in [0.25, 0.3) is 5.56 Å². The van der Waals surface area contributed by atoms with Crippen molar-refractivity contribution < 1.29 is 4.79 Å². The summed E-state index contributed by atoms with van der Waals surface area (Å²) in [6.45, 7) is 6.30. The zero-order valence-electron chi connectivity index (χ0n) is 14.8. The molecule has 0 bridgehead atoms. The first kappa shape index (κ1) is 17.3. The minimum Gasteiger partial charge on any atom is -0.309 e. The van der Waals surface area contributed by atoms with Crippen LogP contribution in [0.5, 0.6) is 0 Å². The molecule has 6 heteroatoms. The van der Waals surface area contributed by atoms with Gasteiger partial charge >= 0.3 is 0 Å². The lowest BCUT2D eigenvalue weighted by Crippen LogP contribution is -2.35. The third-order valence-electron chi connectivity index (χ3n) is 5.18. The number of aromatic nitrogens is 2. The zero-order chi connectivity index (χ0) is 17.4. The second-order valence-electron chi connectivity index (χ2n) is 7.13. The summed E-state index contributed by atoms with van der Waals surface area (Å²) in [7, 11) is 2.10. The number of carbonyl (C=O) groups excluding carboxylic acids is 1. The number of aromatic amines is 1. The summed E-state index contributed by atoms with van der Waals surface area (Å²) in [5.74, 6) is 1.50. The van der Waals surface area contributed by atoms with Crippen LogP contribution in [0.15, 0.2) is 4.79 Å². The lowest BCUT2D eigenvalue weighted by molar-refractivity contribution is 0.102. The van der Waals surface area contributed by atoms with Gasteiger partial charge in [-0.3, -0.25) is 14.5 Å². The molecule has 0 spiro atoms. The fourth-order valence-electron chi connectivity index (χ4n) is 3.65. The molecule has 1 fully saturated rings. The van der Waals surface area contributed by atoms with E-state index >= 15 is 0 Å². The van der Waals surface area contributed by atoms with Crippen LogP contribution in [0.25, 0.3) is 10.2 Å². The first-order valence-corrected chi connectivity index (χ1v) is 9.42. The number of fused-ring (bicyclic) bond motifs is 1. The average molecular weight is 347 g/mol. The second-order valence-corrected chi connectivity index (χ2v) is 8.13. The van der Waals surface area contributed by atoms with Crippen molar-refractivity contribution in [1.82, 2.24) is 14.9 Å². The van der Waals surface area contributed by atoms with Crippen LogP contribution in [-0.2, 0) is 6.54 Å². The number of hydrogen-bond acceptors (Lipinski definition) is 5. The number of hydrogen-bond donors (Lipinski definition) is 1. The Kier molecular flexibility index (Phi) is 4.88. The van der Waals surface area contributed by atoms with Crippen LogP contribution in [-0.4, -0.2) is 33.7 Å². The van der Waals surface area contributed by atoms with E-state index in [1.807, 2.05) is 6.92 Å². The highest BCUT2D eigenvalue weighted by atomic mass is 32.1. The van der Waals surface area contributed by atoms with Crippen molar-refractivity contribution in [2.75, 3.05) is 7.05 Å². The lowest BCUT2D eigenvalue weighted by Gasteiger charge is -2.33. The number of rotatable bonds is 4. The SMILES string of the molecule is CC(=O)c1sc2nc(CN(C)C3CCC(C)CC3)[nH]c(=O)c2c1C. The second kappa shape index (κ2) is 6.76. The Hall–Kier alpha value is -1.53. The predicted molar refractivity (Wildman–Crippen MR) is 97.9 cm³/mol. The Morgan fingerprint density at radius 1 is 1.33 bits per heavy atom. The Labute approximate surface area is 146 Å². The molecule has 2 aromatic heterocycles. The van der Waals surface area contributed by atoms with E-state index in [1.165, 1.54) is 43.9 Å². The number of H-pyrrole nitrogens is 1. The van der Waals surface area contributed by atoms with Gasteiger partial charge in [0.05, 0.1) is 16.8 Å². The molecule has 1 aliphatic rings.